The molecule has 61 heavy (non-hydrogen) atoms. The van der Waals surface area contributed by atoms with Crippen molar-refractivity contribution in [2.75, 3.05) is 37.0 Å². The zero-order valence-electron chi connectivity index (χ0n) is 34.0. The molecule has 0 aliphatic carbocycles. The summed E-state index contributed by atoms with van der Waals surface area (Å²) in [4.78, 5) is 62.9. The number of benzene rings is 6. The number of rotatable bonds is 14. The minimum atomic E-state index is -0.363. The molecule has 0 radical (unpaired) electrons. The molecule has 0 saturated carbocycles. The first-order chi connectivity index (χ1) is 29.6. The van der Waals surface area contributed by atoms with Crippen LogP contribution in [0.5, 0.6) is 0 Å². The fraction of sp³-hybridized carbons (Fsp3) is 0.180. The molecule has 2 atom stereocenters. The lowest BCUT2D eigenvalue weighted by atomic mass is 10.0. The third-order valence-electron chi connectivity index (χ3n) is 10.6. The van der Waals surface area contributed by atoms with Gasteiger partial charge in [-0.15, -0.1) is 0 Å². The number of nitrogens with zero attached hydrogens (tertiary/aromatic N) is 2. The number of Topliss-reactive ketones (excluding diaryl/α,β-unsaturated/α-hetero) is 1. The number of hydrogen-bond acceptors (Lipinski definition) is 9. The van der Waals surface area contributed by atoms with Crippen LogP contribution < -0.4 is 20.4 Å². The average Bonchev–Trinajstić information content (AvgIpc) is 3.79. The van der Waals surface area contributed by atoms with Crippen molar-refractivity contribution in [3.8, 4) is 22.3 Å². The Bertz CT molecular complexity index is 2500. The Morgan fingerprint density at radius 1 is 0.508 bits per heavy atom. The zero-order valence-corrected chi connectivity index (χ0v) is 35.6. The van der Waals surface area contributed by atoms with Crippen LogP contribution in [0.1, 0.15) is 27.0 Å². The number of thioether (sulfide) groups is 2. The van der Waals surface area contributed by atoms with Gasteiger partial charge >= 0.3 is 0 Å². The molecule has 2 saturated heterocycles. The van der Waals surface area contributed by atoms with E-state index in [2.05, 4.69) is 89.3 Å². The lowest BCUT2D eigenvalue weighted by molar-refractivity contribution is -0.119. The Morgan fingerprint density at radius 2 is 0.967 bits per heavy atom. The van der Waals surface area contributed by atoms with Crippen LogP contribution in [0, 0.1) is 0 Å². The van der Waals surface area contributed by atoms with Gasteiger partial charge in [-0.2, -0.15) is 0 Å². The van der Waals surface area contributed by atoms with Crippen molar-refractivity contribution in [2.24, 2.45) is 0 Å². The van der Waals surface area contributed by atoms with Crippen LogP contribution in [0.25, 0.3) is 22.3 Å². The van der Waals surface area contributed by atoms with Crippen molar-refractivity contribution in [3.05, 3.63) is 180 Å². The first kappa shape index (κ1) is 42.7. The molecule has 9 nitrogen and oxygen atoms in total. The summed E-state index contributed by atoms with van der Waals surface area (Å²) >= 11 is 2.12. The van der Waals surface area contributed by atoms with Gasteiger partial charge < -0.3 is 9.80 Å². The first-order valence-corrected chi connectivity index (χ1v) is 21.8. The molecule has 6 aromatic rings. The maximum Gasteiger partial charge on any atom is 0.286 e. The highest BCUT2D eigenvalue weighted by Gasteiger charge is 2.32. The van der Waals surface area contributed by atoms with E-state index in [-0.39, 0.29) is 38.6 Å². The number of nitrogens with one attached hydrogen (secondary N) is 2. The Hall–Kier alpha value is -6.43. The van der Waals surface area contributed by atoms with Crippen LogP contribution in [0.15, 0.2) is 158 Å². The van der Waals surface area contributed by atoms with E-state index in [0.717, 1.165) is 75.6 Å². The van der Waals surface area contributed by atoms with Crippen molar-refractivity contribution in [1.82, 2.24) is 10.6 Å². The molecule has 11 heteroatoms. The van der Waals surface area contributed by atoms with Crippen molar-refractivity contribution in [3.63, 3.8) is 0 Å². The lowest BCUT2D eigenvalue weighted by Crippen LogP contribution is -2.25. The van der Waals surface area contributed by atoms with Crippen LogP contribution in [0.2, 0.25) is 0 Å². The van der Waals surface area contributed by atoms with Gasteiger partial charge in [0.05, 0.1) is 17.0 Å². The normalized spacial score (nSPS) is 15.7. The van der Waals surface area contributed by atoms with Crippen molar-refractivity contribution in [1.29, 1.82) is 0 Å². The Labute approximate surface area is 364 Å². The minimum absolute atomic E-state index is 0.0742. The molecule has 2 unspecified atom stereocenters. The fourth-order valence-corrected chi connectivity index (χ4v) is 8.81. The SMILES string of the molecule is CN(CC(=O)c1ccccc1)c1cccc(-c2ccc(CC3SC(=O)NC3=O)cc2)c1.CN(CCc1ccccc1)c1cccc(-c2ccc(CC3SC(=O)NC3=O)cc2)c1. The van der Waals surface area contributed by atoms with Gasteiger partial charge in [-0.25, -0.2) is 0 Å². The molecule has 2 N–H and O–H groups in total. The molecule has 6 aromatic carbocycles. The second-order valence-corrected chi connectivity index (χ2v) is 17.3. The Kier molecular flexibility index (Phi) is 14.1. The number of imide groups is 2. The predicted molar refractivity (Wildman–Crippen MR) is 248 cm³/mol. The number of likely N-dealkylation sites (N-methyl/N-ethyl adjacent to an activating group) is 2. The van der Waals surface area contributed by atoms with E-state index in [1.165, 1.54) is 11.3 Å². The maximum absolute atomic E-state index is 12.5. The molecule has 2 aliphatic heterocycles. The molecule has 0 aromatic heterocycles. The van der Waals surface area contributed by atoms with Gasteiger partial charge in [-0.3, -0.25) is 34.6 Å². The molecule has 2 fully saturated rings. The number of anilines is 2. The molecule has 2 aliphatic rings. The van der Waals surface area contributed by atoms with Crippen LogP contribution >= 0.6 is 23.5 Å². The third kappa shape index (κ3) is 11.7. The highest BCUT2D eigenvalue weighted by molar-refractivity contribution is 8.15. The molecule has 8 rings (SSSR count). The Balaban J connectivity index is 0.000000184. The van der Waals surface area contributed by atoms with E-state index in [1.807, 2.05) is 103 Å². The van der Waals surface area contributed by atoms with Crippen LogP contribution in [-0.4, -0.2) is 65.8 Å². The van der Waals surface area contributed by atoms with Crippen LogP contribution in [0.4, 0.5) is 21.0 Å². The number of amides is 4. The van der Waals surface area contributed by atoms with E-state index in [1.54, 1.807) is 0 Å². The van der Waals surface area contributed by atoms with Gasteiger partial charge in [0.1, 0.15) is 0 Å². The average molecular weight is 847 g/mol. The lowest BCUT2D eigenvalue weighted by Gasteiger charge is -2.20. The summed E-state index contributed by atoms with van der Waals surface area (Å²) in [5.74, 6) is -0.342. The van der Waals surface area contributed by atoms with Gasteiger partial charge in [0.15, 0.2) is 5.78 Å². The van der Waals surface area contributed by atoms with E-state index >= 15 is 0 Å². The van der Waals surface area contributed by atoms with Crippen molar-refractivity contribution in [2.45, 2.75) is 29.8 Å². The fourth-order valence-electron chi connectivity index (χ4n) is 7.09. The van der Waals surface area contributed by atoms with E-state index < -0.39 is 0 Å². The van der Waals surface area contributed by atoms with Crippen molar-refractivity contribution >= 4 is 63.0 Å². The summed E-state index contributed by atoms with van der Waals surface area (Å²) in [7, 11) is 4.03. The van der Waals surface area contributed by atoms with E-state index in [9.17, 15) is 24.0 Å². The molecular weight excluding hydrogens is 801 g/mol. The summed E-state index contributed by atoms with van der Waals surface area (Å²) in [6.07, 6.45) is 2.09. The molecule has 2 heterocycles. The highest BCUT2D eigenvalue weighted by atomic mass is 32.2. The summed E-state index contributed by atoms with van der Waals surface area (Å²) in [6.45, 7) is 1.25. The molecule has 4 amide bonds. The van der Waals surface area contributed by atoms with Gasteiger partial charge in [-0.05, 0) is 82.5 Å². The standard InChI is InChI=1S/C25H22N2O3S.C25H24N2O2S/c1-27(16-22(28)19-6-3-2-4-7-19)21-9-5-8-20(15-21)18-12-10-17(11-13-18)14-23-24(29)26-25(30)31-23;1-27(15-14-18-6-3-2-4-7-18)22-9-5-8-21(17-22)20-12-10-19(11-13-20)16-23-24(28)26-25(29)30-23/h2-13,15,23H,14,16H2,1H3,(H,26,29,30);2-13,17,23H,14-16H2,1H3,(H,26,28,29). The van der Waals surface area contributed by atoms with Gasteiger partial charge in [0, 0.05) is 37.6 Å². The largest absolute Gasteiger partial charge is 0.374 e. The molecule has 0 spiro atoms. The monoisotopic (exact) mass is 846 g/mol. The van der Waals surface area contributed by atoms with Gasteiger partial charge in [0.25, 0.3) is 10.5 Å². The Morgan fingerprint density at radius 3 is 1.43 bits per heavy atom. The number of carbonyl (C=O) groups excluding carboxylic acids is 5. The molecule has 308 valence electrons. The van der Waals surface area contributed by atoms with Crippen LogP contribution in [-0.2, 0) is 28.9 Å². The number of hydrogen-bond donors (Lipinski definition) is 2. The smallest absolute Gasteiger partial charge is 0.286 e. The van der Waals surface area contributed by atoms with Gasteiger partial charge in [-0.1, -0.05) is 157 Å². The quantitative estimate of drug-likeness (QED) is 0.104. The first-order valence-electron chi connectivity index (χ1n) is 20.0. The molecule has 0 bridgehead atoms. The predicted octanol–water partition coefficient (Wildman–Crippen LogP) is 9.49. The highest BCUT2D eigenvalue weighted by Crippen LogP contribution is 2.29. The summed E-state index contributed by atoms with van der Waals surface area (Å²) in [5.41, 5.74) is 10.6. The van der Waals surface area contributed by atoms with Crippen molar-refractivity contribution < 1.29 is 24.0 Å². The summed E-state index contributed by atoms with van der Waals surface area (Å²) in [6, 6.07) is 52.7. The number of carbonyl (C=O) groups is 5. The summed E-state index contributed by atoms with van der Waals surface area (Å²) in [5, 5.41) is 3.44. The zero-order chi connectivity index (χ0) is 42.7. The maximum atomic E-state index is 12.5. The van der Waals surface area contributed by atoms with Gasteiger partial charge in [0.2, 0.25) is 11.8 Å². The number of ketones is 1. The van der Waals surface area contributed by atoms with E-state index in [0.29, 0.717) is 24.9 Å². The second kappa shape index (κ2) is 20.2. The third-order valence-corrected chi connectivity index (χ3v) is 12.5. The summed E-state index contributed by atoms with van der Waals surface area (Å²) < 4.78 is 0. The van der Waals surface area contributed by atoms with E-state index in [4.69, 9.17) is 0 Å². The van der Waals surface area contributed by atoms with Crippen LogP contribution in [0.3, 0.4) is 0 Å². The molecular formula is C50H46N4O5S2. The second-order valence-electron chi connectivity index (χ2n) is 15.0. The minimum Gasteiger partial charge on any atom is -0.374 e. The topological polar surface area (TPSA) is 116 Å².